The Morgan fingerprint density at radius 1 is 1.43 bits per heavy atom. The number of rotatable bonds is 6. The van der Waals surface area contributed by atoms with Crippen molar-refractivity contribution in [3.05, 3.63) is 52.6 Å². The lowest BCUT2D eigenvalue weighted by atomic mass is 10.2. The van der Waals surface area contributed by atoms with Crippen molar-refractivity contribution in [1.82, 2.24) is 9.78 Å². The zero-order chi connectivity index (χ0) is 16.8. The zero-order valence-electron chi connectivity index (χ0n) is 12.8. The van der Waals surface area contributed by atoms with Gasteiger partial charge in [-0.2, -0.15) is 16.9 Å². The molecule has 0 aliphatic heterocycles. The minimum absolute atomic E-state index is 0.332. The fraction of sp³-hybridized carbons (Fsp3) is 0.250. The highest BCUT2D eigenvalue weighted by Crippen LogP contribution is 2.24. The molecule has 0 bridgehead atoms. The molecular weight excluding hydrogens is 339 g/mol. The van der Waals surface area contributed by atoms with Gasteiger partial charge in [0.1, 0.15) is 17.6 Å². The Bertz CT molecular complexity index is 714. The molecule has 23 heavy (non-hydrogen) atoms. The highest BCUT2D eigenvalue weighted by atomic mass is 35.5. The summed E-state index contributed by atoms with van der Waals surface area (Å²) in [7, 11) is 0. The summed E-state index contributed by atoms with van der Waals surface area (Å²) < 4.78 is 19.5. The van der Waals surface area contributed by atoms with Crippen molar-refractivity contribution in [3.63, 3.8) is 0 Å². The number of ether oxygens (including phenoxy) is 1. The summed E-state index contributed by atoms with van der Waals surface area (Å²) in [4.78, 5) is 11.6. The lowest BCUT2D eigenvalue weighted by Gasteiger charge is -2.02. The maximum absolute atomic E-state index is 13.0. The fourth-order valence-electron chi connectivity index (χ4n) is 1.88. The van der Waals surface area contributed by atoms with Crippen molar-refractivity contribution in [2.45, 2.75) is 6.92 Å². The van der Waals surface area contributed by atoms with E-state index >= 15 is 0 Å². The van der Waals surface area contributed by atoms with Gasteiger partial charge in [-0.05, 0) is 43.5 Å². The van der Waals surface area contributed by atoms with Crippen LogP contribution < -0.4 is 0 Å². The number of hydrogen-bond donors (Lipinski definition) is 0. The quantitative estimate of drug-likeness (QED) is 0.448. The first-order valence-corrected chi connectivity index (χ1v) is 8.65. The zero-order valence-corrected chi connectivity index (χ0v) is 14.3. The topological polar surface area (TPSA) is 44.1 Å². The second kappa shape index (κ2) is 8.17. The van der Waals surface area contributed by atoms with E-state index in [0.29, 0.717) is 28.7 Å². The minimum Gasteiger partial charge on any atom is -0.462 e. The molecule has 0 aliphatic carbocycles. The van der Waals surface area contributed by atoms with E-state index in [1.54, 1.807) is 36.9 Å². The van der Waals surface area contributed by atoms with Crippen LogP contribution in [0.2, 0.25) is 5.15 Å². The Kier molecular flexibility index (Phi) is 6.24. The van der Waals surface area contributed by atoms with Gasteiger partial charge in [-0.1, -0.05) is 11.6 Å². The molecule has 1 aromatic heterocycles. The van der Waals surface area contributed by atoms with E-state index in [1.165, 1.54) is 22.9 Å². The van der Waals surface area contributed by atoms with Crippen LogP contribution in [0.1, 0.15) is 11.3 Å². The molecule has 2 aromatic rings. The second-order valence-corrected chi connectivity index (χ2v) is 6.02. The van der Waals surface area contributed by atoms with Gasteiger partial charge in [0, 0.05) is 17.4 Å². The fourth-order valence-corrected chi connectivity index (χ4v) is 2.46. The minimum atomic E-state index is -0.427. The van der Waals surface area contributed by atoms with Gasteiger partial charge in [-0.15, -0.1) is 0 Å². The number of halogens is 2. The third-order valence-electron chi connectivity index (χ3n) is 3.04. The number of carbonyl (C=O) groups is 1. The van der Waals surface area contributed by atoms with Gasteiger partial charge in [0.15, 0.2) is 0 Å². The van der Waals surface area contributed by atoms with Crippen molar-refractivity contribution < 1.29 is 13.9 Å². The van der Waals surface area contributed by atoms with Gasteiger partial charge < -0.3 is 4.74 Å². The van der Waals surface area contributed by atoms with Crippen molar-refractivity contribution in [1.29, 1.82) is 0 Å². The molecule has 0 unspecified atom stereocenters. The summed E-state index contributed by atoms with van der Waals surface area (Å²) >= 11 is 7.92. The Morgan fingerprint density at radius 3 is 2.78 bits per heavy atom. The number of aryl methyl sites for hydroxylation is 1. The summed E-state index contributed by atoms with van der Waals surface area (Å²) in [6, 6.07) is 5.83. The highest BCUT2D eigenvalue weighted by Gasteiger charge is 2.13. The lowest BCUT2D eigenvalue weighted by molar-refractivity contribution is -0.137. The van der Waals surface area contributed by atoms with Crippen molar-refractivity contribution in [2.24, 2.45) is 0 Å². The SMILES string of the molecule is CSCCOC(=O)/C=C/c1c(C)nn(-c2ccc(F)cc2)c1Cl. The Balaban J connectivity index is 2.17. The number of thioether (sulfide) groups is 1. The molecule has 0 spiro atoms. The lowest BCUT2D eigenvalue weighted by Crippen LogP contribution is -2.03. The average Bonchev–Trinajstić information content (AvgIpc) is 2.81. The van der Waals surface area contributed by atoms with Crippen LogP contribution in [-0.4, -0.2) is 34.4 Å². The molecular formula is C16H16ClFN2O2S. The van der Waals surface area contributed by atoms with E-state index in [1.807, 2.05) is 6.26 Å². The first-order chi connectivity index (χ1) is 11.0. The molecule has 122 valence electrons. The van der Waals surface area contributed by atoms with Crippen LogP contribution in [0.25, 0.3) is 11.8 Å². The number of esters is 1. The maximum Gasteiger partial charge on any atom is 0.330 e. The van der Waals surface area contributed by atoms with E-state index in [0.717, 1.165) is 5.75 Å². The smallest absolute Gasteiger partial charge is 0.330 e. The van der Waals surface area contributed by atoms with E-state index in [9.17, 15) is 9.18 Å². The van der Waals surface area contributed by atoms with Gasteiger partial charge in [0.05, 0.1) is 11.4 Å². The van der Waals surface area contributed by atoms with E-state index in [2.05, 4.69) is 5.10 Å². The third-order valence-corrected chi connectivity index (χ3v) is 3.98. The predicted octanol–water partition coefficient (Wildman–Crippen LogP) is 3.89. The Hall–Kier alpha value is -1.79. The number of hydrogen-bond acceptors (Lipinski definition) is 4. The molecule has 0 radical (unpaired) electrons. The number of aromatic nitrogens is 2. The normalized spacial score (nSPS) is 11.1. The van der Waals surface area contributed by atoms with Crippen LogP contribution in [-0.2, 0) is 9.53 Å². The molecule has 2 rings (SSSR count). The van der Waals surface area contributed by atoms with Gasteiger partial charge in [0.25, 0.3) is 0 Å². The number of carbonyl (C=O) groups excluding carboxylic acids is 1. The number of nitrogens with zero attached hydrogens (tertiary/aromatic N) is 2. The van der Waals surface area contributed by atoms with Gasteiger partial charge in [-0.25, -0.2) is 13.9 Å². The van der Waals surface area contributed by atoms with Crippen LogP contribution in [0.5, 0.6) is 0 Å². The molecule has 0 atom stereocenters. The van der Waals surface area contributed by atoms with Gasteiger partial charge >= 0.3 is 5.97 Å². The van der Waals surface area contributed by atoms with E-state index in [-0.39, 0.29) is 5.82 Å². The van der Waals surface area contributed by atoms with E-state index in [4.69, 9.17) is 16.3 Å². The standard InChI is InChI=1S/C16H16ClFN2O2S/c1-11-14(7-8-15(21)22-9-10-23-2)16(17)20(19-11)13-5-3-12(18)4-6-13/h3-8H,9-10H2,1-2H3/b8-7+. The molecule has 1 heterocycles. The summed E-state index contributed by atoms with van der Waals surface area (Å²) in [5.41, 5.74) is 1.92. The van der Waals surface area contributed by atoms with E-state index < -0.39 is 5.97 Å². The van der Waals surface area contributed by atoms with Crippen LogP contribution in [0.3, 0.4) is 0 Å². The van der Waals surface area contributed by atoms with Gasteiger partial charge in [0.2, 0.25) is 0 Å². The molecule has 7 heteroatoms. The average molecular weight is 355 g/mol. The predicted molar refractivity (Wildman–Crippen MR) is 91.6 cm³/mol. The van der Waals surface area contributed by atoms with Crippen LogP contribution >= 0.6 is 23.4 Å². The summed E-state index contributed by atoms with van der Waals surface area (Å²) in [6.45, 7) is 2.15. The molecule has 0 amide bonds. The number of benzene rings is 1. The molecule has 4 nitrogen and oxygen atoms in total. The maximum atomic E-state index is 13.0. The van der Waals surface area contributed by atoms with Crippen LogP contribution in [0.15, 0.2) is 30.3 Å². The molecule has 0 fully saturated rings. The summed E-state index contributed by atoms with van der Waals surface area (Å²) in [6.07, 6.45) is 4.84. The first-order valence-electron chi connectivity index (χ1n) is 6.87. The van der Waals surface area contributed by atoms with Gasteiger partial charge in [-0.3, -0.25) is 0 Å². The van der Waals surface area contributed by atoms with Crippen LogP contribution in [0.4, 0.5) is 4.39 Å². The largest absolute Gasteiger partial charge is 0.462 e. The van der Waals surface area contributed by atoms with Crippen molar-refractivity contribution in [3.8, 4) is 5.69 Å². The van der Waals surface area contributed by atoms with Crippen LogP contribution in [0, 0.1) is 12.7 Å². The summed E-state index contributed by atoms with van der Waals surface area (Å²) in [5, 5.41) is 4.67. The van der Waals surface area contributed by atoms with Crippen molar-refractivity contribution >= 4 is 35.4 Å². The molecule has 0 saturated carbocycles. The molecule has 1 aromatic carbocycles. The summed E-state index contributed by atoms with van der Waals surface area (Å²) in [5.74, 6) is -0.00657. The Morgan fingerprint density at radius 2 is 2.13 bits per heavy atom. The first kappa shape index (κ1) is 17.6. The monoisotopic (exact) mass is 354 g/mol. The second-order valence-electron chi connectivity index (χ2n) is 4.67. The third kappa shape index (κ3) is 4.59. The molecule has 0 saturated heterocycles. The van der Waals surface area contributed by atoms with Crippen molar-refractivity contribution in [2.75, 3.05) is 18.6 Å². The Labute approximate surface area is 143 Å². The molecule has 0 N–H and O–H groups in total. The molecule has 0 aliphatic rings. The highest BCUT2D eigenvalue weighted by molar-refractivity contribution is 7.98.